The zero-order valence-corrected chi connectivity index (χ0v) is 11.6. The second kappa shape index (κ2) is 8.81. The highest BCUT2D eigenvalue weighted by atomic mass is 35.5. The molecule has 0 bridgehead atoms. The number of para-hydroxylation sites is 1. The summed E-state index contributed by atoms with van der Waals surface area (Å²) < 4.78 is 0. The van der Waals surface area contributed by atoms with Crippen molar-refractivity contribution in [3.8, 4) is 0 Å². The van der Waals surface area contributed by atoms with E-state index in [0.29, 0.717) is 10.7 Å². The summed E-state index contributed by atoms with van der Waals surface area (Å²) in [7, 11) is 0. The maximum absolute atomic E-state index is 5.95. The Morgan fingerprint density at radius 1 is 0.789 bits per heavy atom. The number of hydrogen-bond acceptors (Lipinski definition) is 4. The first-order chi connectivity index (χ1) is 7.65. The third-order valence-electron chi connectivity index (χ3n) is 1.70. The van der Waals surface area contributed by atoms with Gasteiger partial charge in [-0.05, 0) is 35.3 Å². The number of hydrogen-bond donors (Lipinski definition) is 1. The van der Waals surface area contributed by atoms with E-state index in [1.165, 1.54) is 0 Å². The van der Waals surface area contributed by atoms with Gasteiger partial charge in [0.05, 0.1) is 10.7 Å². The molecule has 7 nitrogen and oxygen atoms in total. The van der Waals surface area contributed by atoms with Crippen molar-refractivity contribution in [1.82, 2.24) is 15.0 Å². The summed E-state index contributed by atoms with van der Waals surface area (Å²) in [6.45, 7) is 0. The minimum Gasteiger partial charge on any atom is -0.412 e. The molecule has 0 radical (unpaired) electrons. The molecule has 0 saturated carbocycles. The Hall–Kier alpha value is -1.22. The van der Waals surface area contributed by atoms with Crippen LogP contribution >= 0.6 is 34.8 Å². The lowest BCUT2D eigenvalue weighted by Crippen LogP contribution is -1.99. The van der Waals surface area contributed by atoms with Crippen molar-refractivity contribution >= 4 is 46.4 Å². The van der Waals surface area contributed by atoms with Crippen molar-refractivity contribution in [2.45, 2.75) is 0 Å². The molecule has 0 aliphatic carbocycles. The largest absolute Gasteiger partial charge is 0.412 e. The quantitative estimate of drug-likeness (QED) is 0.878. The summed E-state index contributed by atoms with van der Waals surface area (Å²) in [6, 6.07) is 7.18. The molecule has 0 unspecified atom stereocenters. The fourth-order valence-corrected chi connectivity index (χ4v) is 1.61. The predicted molar refractivity (Wildman–Crippen MR) is 75.4 cm³/mol. The molecule has 1 aromatic heterocycles. The average molecular weight is 330 g/mol. The van der Waals surface area contributed by atoms with Gasteiger partial charge in [0.25, 0.3) is 0 Å². The van der Waals surface area contributed by atoms with Gasteiger partial charge in [0.1, 0.15) is 0 Å². The third kappa shape index (κ3) is 5.52. The van der Waals surface area contributed by atoms with Gasteiger partial charge in [-0.2, -0.15) is 15.0 Å². The van der Waals surface area contributed by atoms with Crippen LogP contribution in [0, 0.1) is 0 Å². The summed E-state index contributed by atoms with van der Waals surface area (Å²) in [5, 5.41) is 3.49. The van der Waals surface area contributed by atoms with Crippen LogP contribution in [0.5, 0.6) is 0 Å². The third-order valence-corrected chi connectivity index (χ3v) is 2.37. The molecular formula is C9H11Cl3N4O3. The lowest BCUT2D eigenvalue weighted by molar-refractivity contribution is 0.823. The van der Waals surface area contributed by atoms with Crippen LogP contribution < -0.4 is 5.32 Å². The van der Waals surface area contributed by atoms with Gasteiger partial charge in [-0.1, -0.05) is 23.7 Å². The van der Waals surface area contributed by atoms with E-state index in [-0.39, 0.29) is 32.9 Å². The number of benzene rings is 1. The van der Waals surface area contributed by atoms with Gasteiger partial charge >= 0.3 is 0 Å². The van der Waals surface area contributed by atoms with Crippen molar-refractivity contribution in [3.63, 3.8) is 0 Å². The summed E-state index contributed by atoms with van der Waals surface area (Å²) >= 11 is 17.2. The summed E-state index contributed by atoms with van der Waals surface area (Å²) in [6.07, 6.45) is 0. The maximum atomic E-state index is 5.95. The molecule has 106 valence electrons. The molecule has 1 heterocycles. The molecule has 0 fully saturated rings. The Morgan fingerprint density at radius 2 is 1.32 bits per heavy atom. The summed E-state index contributed by atoms with van der Waals surface area (Å²) in [5.74, 6) is 0.248. The Bertz CT molecular complexity index is 510. The van der Waals surface area contributed by atoms with Crippen LogP contribution in [-0.2, 0) is 0 Å². The van der Waals surface area contributed by atoms with Gasteiger partial charge in [-0.25, -0.2) is 0 Å². The van der Waals surface area contributed by atoms with E-state index < -0.39 is 0 Å². The van der Waals surface area contributed by atoms with Crippen molar-refractivity contribution in [3.05, 3.63) is 39.9 Å². The molecule has 19 heavy (non-hydrogen) atoms. The van der Waals surface area contributed by atoms with Gasteiger partial charge in [-0.15, -0.1) is 0 Å². The van der Waals surface area contributed by atoms with Crippen LogP contribution in [0.1, 0.15) is 0 Å². The molecule has 7 N–H and O–H groups in total. The van der Waals surface area contributed by atoms with Crippen LogP contribution in [0.25, 0.3) is 0 Å². The second-order valence-electron chi connectivity index (χ2n) is 2.80. The van der Waals surface area contributed by atoms with E-state index in [1.54, 1.807) is 12.1 Å². The number of nitrogens with zero attached hydrogens (tertiary/aromatic N) is 3. The van der Waals surface area contributed by atoms with Crippen molar-refractivity contribution < 1.29 is 16.4 Å². The molecular weight excluding hydrogens is 318 g/mol. The highest BCUT2D eigenvalue weighted by Gasteiger charge is 2.05. The first kappa shape index (κ1) is 20.1. The molecule has 0 amide bonds. The standard InChI is InChI=1S/C9H5Cl3N4.3H2O/c10-5-3-1-2-4-6(5)13-9-15-7(11)14-8(12)16-9;;;/h1-4H,(H,13,14,15,16);3*1H2. The Balaban J connectivity index is 0. The van der Waals surface area contributed by atoms with Gasteiger partial charge in [0.15, 0.2) is 0 Å². The van der Waals surface area contributed by atoms with Gasteiger partial charge in [-0.3, -0.25) is 0 Å². The first-order valence-electron chi connectivity index (χ1n) is 4.24. The molecule has 2 aromatic rings. The van der Waals surface area contributed by atoms with Crippen molar-refractivity contribution in [1.29, 1.82) is 0 Å². The minimum absolute atomic E-state index is 0. The lowest BCUT2D eigenvalue weighted by atomic mass is 10.3. The smallest absolute Gasteiger partial charge is 0.232 e. The topological polar surface area (TPSA) is 145 Å². The van der Waals surface area contributed by atoms with Gasteiger partial charge in [0.2, 0.25) is 16.5 Å². The molecule has 0 aliphatic rings. The van der Waals surface area contributed by atoms with Crippen LogP contribution in [0.4, 0.5) is 11.6 Å². The molecule has 0 atom stereocenters. The fraction of sp³-hybridized carbons (Fsp3) is 0. The maximum Gasteiger partial charge on any atom is 0.232 e. The van der Waals surface area contributed by atoms with Crippen LogP contribution in [0.2, 0.25) is 15.6 Å². The normalized spacial score (nSPS) is 8.58. The van der Waals surface area contributed by atoms with Crippen molar-refractivity contribution in [2.24, 2.45) is 0 Å². The second-order valence-corrected chi connectivity index (χ2v) is 3.89. The van der Waals surface area contributed by atoms with E-state index in [1.807, 2.05) is 12.1 Å². The molecule has 0 spiro atoms. The van der Waals surface area contributed by atoms with Gasteiger partial charge < -0.3 is 21.7 Å². The monoisotopic (exact) mass is 328 g/mol. The molecule has 0 saturated heterocycles. The highest BCUT2D eigenvalue weighted by molar-refractivity contribution is 6.33. The van der Waals surface area contributed by atoms with E-state index in [4.69, 9.17) is 34.8 Å². The predicted octanol–water partition coefficient (Wildman–Crippen LogP) is 1.10. The summed E-state index contributed by atoms with van der Waals surface area (Å²) in [4.78, 5) is 11.4. The molecule has 10 heteroatoms. The Kier molecular flexibility index (Phi) is 9.32. The van der Waals surface area contributed by atoms with Crippen LogP contribution in [0.15, 0.2) is 24.3 Å². The van der Waals surface area contributed by atoms with Gasteiger partial charge in [0, 0.05) is 0 Å². The summed E-state index contributed by atoms with van der Waals surface area (Å²) in [5.41, 5.74) is 0.669. The van der Waals surface area contributed by atoms with Crippen LogP contribution in [0.3, 0.4) is 0 Å². The fourth-order valence-electron chi connectivity index (χ4n) is 1.06. The molecule has 1 aromatic carbocycles. The van der Waals surface area contributed by atoms with Crippen molar-refractivity contribution in [2.75, 3.05) is 5.32 Å². The number of anilines is 2. The lowest BCUT2D eigenvalue weighted by Gasteiger charge is -2.06. The highest BCUT2D eigenvalue weighted by Crippen LogP contribution is 2.23. The van der Waals surface area contributed by atoms with E-state index in [2.05, 4.69) is 20.3 Å². The zero-order chi connectivity index (χ0) is 11.5. The first-order valence-corrected chi connectivity index (χ1v) is 5.37. The van der Waals surface area contributed by atoms with E-state index >= 15 is 0 Å². The number of halogens is 3. The average Bonchev–Trinajstić information content (AvgIpc) is 2.20. The molecule has 0 aliphatic heterocycles. The van der Waals surface area contributed by atoms with E-state index in [0.717, 1.165) is 0 Å². The Labute approximate surface area is 123 Å². The van der Waals surface area contributed by atoms with E-state index in [9.17, 15) is 0 Å². The molecule has 2 rings (SSSR count). The Morgan fingerprint density at radius 3 is 1.84 bits per heavy atom. The SMILES string of the molecule is Clc1nc(Cl)nc(Nc2ccccc2Cl)n1.O.O.O. The zero-order valence-electron chi connectivity index (χ0n) is 9.28. The minimum atomic E-state index is 0. The number of nitrogens with one attached hydrogen (secondary N) is 1. The number of aromatic nitrogens is 3. The number of rotatable bonds is 2. The van der Waals surface area contributed by atoms with Crippen LogP contribution in [-0.4, -0.2) is 31.4 Å².